The van der Waals surface area contributed by atoms with E-state index in [9.17, 15) is 0 Å². The normalized spacial score (nSPS) is 16.9. The van der Waals surface area contributed by atoms with Gasteiger partial charge in [-0.25, -0.2) is 0 Å². The van der Waals surface area contributed by atoms with Crippen LogP contribution in [0.4, 0.5) is 11.4 Å². The third-order valence-electron chi connectivity index (χ3n) is 3.94. The highest BCUT2D eigenvalue weighted by Crippen LogP contribution is 2.34. The van der Waals surface area contributed by atoms with Crippen molar-refractivity contribution >= 4 is 11.4 Å². The topological polar surface area (TPSA) is 38.5 Å². The number of hydrogen-bond donors (Lipinski definition) is 1. The molecule has 100 valence electrons. The minimum absolute atomic E-state index is 0.739. The molecule has 18 heavy (non-hydrogen) atoms. The van der Waals surface area contributed by atoms with Crippen molar-refractivity contribution in [2.75, 3.05) is 30.8 Å². The number of ether oxygens (including phenoxy) is 1. The van der Waals surface area contributed by atoms with Gasteiger partial charge in [-0.15, -0.1) is 0 Å². The Labute approximate surface area is 110 Å². The van der Waals surface area contributed by atoms with E-state index in [1.54, 1.807) is 7.11 Å². The van der Waals surface area contributed by atoms with E-state index < -0.39 is 0 Å². The number of nitrogen functional groups attached to an aromatic ring is 1. The maximum Gasteiger partial charge on any atom is 0.143 e. The SMILES string of the molecule is CCc1cc(N)c(OC)cc1N1CCC(C)CC1. The molecule has 0 bridgehead atoms. The smallest absolute Gasteiger partial charge is 0.143 e. The van der Waals surface area contributed by atoms with Crippen LogP contribution in [0.5, 0.6) is 5.75 Å². The molecule has 1 aromatic rings. The van der Waals surface area contributed by atoms with Crippen molar-refractivity contribution < 1.29 is 4.74 Å². The van der Waals surface area contributed by atoms with Gasteiger partial charge in [0, 0.05) is 24.8 Å². The van der Waals surface area contributed by atoms with E-state index in [1.807, 2.05) is 0 Å². The van der Waals surface area contributed by atoms with E-state index in [0.717, 1.165) is 36.9 Å². The Morgan fingerprint density at radius 3 is 2.56 bits per heavy atom. The summed E-state index contributed by atoms with van der Waals surface area (Å²) in [6.45, 7) is 6.79. The molecule has 0 aromatic heterocycles. The van der Waals surface area contributed by atoms with Crippen LogP contribution in [-0.4, -0.2) is 20.2 Å². The van der Waals surface area contributed by atoms with Gasteiger partial charge < -0.3 is 15.4 Å². The summed E-state index contributed by atoms with van der Waals surface area (Å²) in [6, 6.07) is 4.16. The Bertz CT molecular complexity index is 409. The van der Waals surface area contributed by atoms with Crippen molar-refractivity contribution in [3.8, 4) is 5.75 Å². The number of hydrogen-bond acceptors (Lipinski definition) is 3. The van der Waals surface area contributed by atoms with Crippen LogP contribution in [-0.2, 0) is 6.42 Å². The summed E-state index contributed by atoms with van der Waals surface area (Å²) >= 11 is 0. The van der Waals surface area contributed by atoms with E-state index in [2.05, 4.69) is 30.9 Å². The molecule has 1 fully saturated rings. The molecule has 1 saturated heterocycles. The molecule has 1 aromatic carbocycles. The lowest BCUT2D eigenvalue weighted by atomic mass is 9.97. The molecule has 1 aliphatic heterocycles. The van der Waals surface area contributed by atoms with Gasteiger partial charge in [0.25, 0.3) is 0 Å². The highest BCUT2D eigenvalue weighted by atomic mass is 16.5. The molecule has 2 rings (SSSR count). The van der Waals surface area contributed by atoms with Crippen LogP contribution in [0.3, 0.4) is 0 Å². The monoisotopic (exact) mass is 248 g/mol. The minimum atomic E-state index is 0.739. The fourth-order valence-electron chi connectivity index (χ4n) is 2.64. The number of benzene rings is 1. The van der Waals surface area contributed by atoms with Crippen LogP contribution >= 0.6 is 0 Å². The lowest BCUT2D eigenvalue weighted by Gasteiger charge is -2.33. The lowest BCUT2D eigenvalue weighted by Crippen LogP contribution is -2.33. The van der Waals surface area contributed by atoms with Gasteiger partial charge in [-0.05, 0) is 36.8 Å². The molecule has 3 nitrogen and oxygen atoms in total. The molecular weight excluding hydrogens is 224 g/mol. The van der Waals surface area contributed by atoms with Gasteiger partial charge in [-0.2, -0.15) is 0 Å². The Morgan fingerprint density at radius 2 is 2.00 bits per heavy atom. The molecule has 0 aliphatic carbocycles. The maximum atomic E-state index is 5.98. The molecule has 0 spiro atoms. The average Bonchev–Trinajstić information content (AvgIpc) is 2.39. The van der Waals surface area contributed by atoms with Crippen molar-refractivity contribution in [1.82, 2.24) is 0 Å². The van der Waals surface area contributed by atoms with Crippen molar-refractivity contribution in [3.63, 3.8) is 0 Å². The fourth-order valence-corrected chi connectivity index (χ4v) is 2.64. The van der Waals surface area contributed by atoms with Crippen LogP contribution in [0.15, 0.2) is 12.1 Å². The predicted molar refractivity (Wildman–Crippen MR) is 77.4 cm³/mol. The Kier molecular flexibility index (Phi) is 4.00. The van der Waals surface area contributed by atoms with E-state index in [-0.39, 0.29) is 0 Å². The third-order valence-corrected chi connectivity index (χ3v) is 3.94. The molecule has 1 heterocycles. The van der Waals surface area contributed by atoms with Crippen molar-refractivity contribution in [2.24, 2.45) is 5.92 Å². The first-order chi connectivity index (χ1) is 8.65. The first-order valence-electron chi connectivity index (χ1n) is 6.87. The molecule has 2 N–H and O–H groups in total. The number of nitrogens with two attached hydrogens (primary N) is 1. The van der Waals surface area contributed by atoms with Gasteiger partial charge in [-0.3, -0.25) is 0 Å². The quantitative estimate of drug-likeness (QED) is 0.835. The second kappa shape index (κ2) is 5.51. The Balaban J connectivity index is 2.30. The van der Waals surface area contributed by atoms with Crippen LogP contribution < -0.4 is 15.4 Å². The molecule has 0 amide bonds. The number of aryl methyl sites for hydroxylation is 1. The van der Waals surface area contributed by atoms with E-state index in [4.69, 9.17) is 10.5 Å². The number of rotatable bonds is 3. The molecular formula is C15H24N2O. The van der Waals surface area contributed by atoms with Gasteiger partial charge in [0.1, 0.15) is 5.75 Å². The van der Waals surface area contributed by atoms with Crippen molar-refractivity contribution in [1.29, 1.82) is 0 Å². The van der Waals surface area contributed by atoms with Crippen LogP contribution in [0.25, 0.3) is 0 Å². The van der Waals surface area contributed by atoms with E-state index in [1.165, 1.54) is 24.1 Å². The zero-order valence-electron chi connectivity index (χ0n) is 11.7. The summed E-state index contributed by atoms with van der Waals surface area (Å²) in [7, 11) is 1.68. The Morgan fingerprint density at radius 1 is 1.33 bits per heavy atom. The average molecular weight is 248 g/mol. The Hall–Kier alpha value is -1.38. The lowest BCUT2D eigenvalue weighted by molar-refractivity contribution is 0.415. The number of anilines is 2. The van der Waals surface area contributed by atoms with Gasteiger partial charge in [0.15, 0.2) is 0 Å². The van der Waals surface area contributed by atoms with E-state index in [0.29, 0.717) is 0 Å². The maximum absolute atomic E-state index is 5.98. The van der Waals surface area contributed by atoms with Gasteiger partial charge in [0.2, 0.25) is 0 Å². The van der Waals surface area contributed by atoms with Gasteiger partial charge >= 0.3 is 0 Å². The predicted octanol–water partition coefficient (Wildman–Crippen LogP) is 3.08. The van der Waals surface area contributed by atoms with E-state index >= 15 is 0 Å². The van der Waals surface area contributed by atoms with Crippen LogP contribution in [0.1, 0.15) is 32.3 Å². The van der Waals surface area contributed by atoms with Crippen LogP contribution in [0, 0.1) is 5.92 Å². The van der Waals surface area contributed by atoms with Crippen LogP contribution in [0.2, 0.25) is 0 Å². The minimum Gasteiger partial charge on any atom is -0.495 e. The largest absolute Gasteiger partial charge is 0.495 e. The molecule has 3 heteroatoms. The number of methoxy groups -OCH3 is 1. The molecule has 0 radical (unpaired) electrons. The first-order valence-corrected chi connectivity index (χ1v) is 6.87. The summed E-state index contributed by atoms with van der Waals surface area (Å²) in [5.74, 6) is 1.64. The summed E-state index contributed by atoms with van der Waals surface area (Å²) < 4.78 is 5.35. The van der Waals surface area contributed by atoms with Gasteiger partial charge in [0.05, 0.1) is 12.8 Å². The summed E-state index contributed by atoms with van der Waals surface area (Å²) in [4.78, 5) is 2.47. The van der Waals surface area contributed by atoms with Crippen molar-refractivity contribution in [3.05, 3.63) is 17.7 Å². The zero-order valence-corrected chi connectivity index (χ0v) is 11.7. The highest BCUT2D eigenvalue weighted by molar-refractivity contribution is 5.67. The molecule has 0 unspecified atom stereocenters. The third kappa shape index (κ3) is 2.55. The standard InChI is InChI=1S/C15H24N2O/c1-4-12-9-13(16)15(18-3)10-14(12)17-7-5-11(2)6-8-17/h9-11H,4-8,16H2,1-3H3. The summed E-state index contributed by atoms with van der Waals surface area (Å²) in [6.07, 6.45) is 3.56. The zero-order chi connectivity index (χ0) is 13.1. The molecule has 1 aliphatic rings. The van der Waals surface area contributed by atoms with Crippen molar-refractivity contribution in [2.45, 2.75) is 33.1 Å². The second-order valence-electron chi connectivity index (χ2n) is 5.25. The van der Waals surface area contributed by atoms with Gasteiger partial charge in [-0.1, -0.05) is 13.8 Å². The summed E-state index contributed by atoms with van der Waals surface area (Å²) in [5.41, 5.74) is 9.35. The first kappa shape index (κ1) is 13.1. The highest BCUT2D eigenvalue weighted by Gasteiger charge is 2.19. The number of nitrogens with zero attached hydrogens (tertiary/aromatic N) is 1. The molecule has 0 atom stereocenters. The summed E-state index contributed by atoms with van der Waals surface area (Å²) in [5, 5.41) is 0. The fraction of sp³-hybridized carbons (Fsp3) is 0.600. The molecule has 0 saturated carbocycles. The second-order valence-corrected chi connectivity index (χ2v) is 5.25. The number of piperidine rings is 1.